The van der Waals surface area contributed by atoms with Gasteiger partial charge in [0.15, 0.2) is 0 Å². The fourth-order valence-corrected chi connectivity index (χ4v) is 3.60. The topological polar surface area (TPSA) is 92.7 Å². The summed E-state index contributed by atoms with van der Waals surface area (Å²) in [6, 6.07) is 14.9. The van der Waals surface area contributed by atoms with Gasteiger partial charge in [0.1, 0.15) is 11.6 Å². The van der Waals surface area contributed by atoms with Crippen molar-refractivity contribution in [2.75, 3.05) is 0 Å². The molecule has 0 fully saturated rings. The number of hydrogen-bond acceptors (Lipinski definition) is 4. The summed E-state index contributed by atoms with van der Waals surface area (Å²) in [5, 5.41) is 3.58. The average molecular weight is 389 g/mol. The molecule has 0 bridgehead atoms. The second-order valence-electron chi connectivity index (χ2n) is 7.19. The Kier molecular flexibility index (Phi) is 5.12. The Balaban J connectivity index is 1.36. The van der Waals surface area contributed by atoms with Crippen LogP contribution in [0.1, 0.15) is 37.5 Å². The number of rotatable bonds is 6. The molecule has 0 aliphatic carbocycles. The van der Waals surface area contributed by atoms with Crippen LogP contribution in [0.25, 0.3) is 21.9 Å². The van der Waals surface area contributed by atoms with Crippen LogP contribution in [0, 0.1) is 0 Å². The Bertz CT molecular complexity index is 1240. The Morgan fingerprint density at radius 1 is 1.10 bits per heavy atom. The number of carbonyl (C=O) groups excluding carboxylic acids is 1. The molecule has 4 aromatic rings. The molecule has 1 amide bonds. The van der Waals surface area contributed by atoms with Gasteiger partial charge >= 0.3 is 0 Å². The molecule has 2 heterocycles. The summed E-state index contributed by atoms with van der Waals surface area (Å²) in [4.78, 5) is 36.4. The van der Waals surface area contributed by atoms with E-state index < -0.39 is 0 Å². The van der Waals surface area contributed by atoms with E-state index in [2.05, 4.69) is 20.3 Å². The Labute approximate surface area is 167 Å². The van der Waals surface area contributed by atoms with E-state index in [4.69, 9.17) is 0 Å². The first kappa shape index (κ1) is 18.9. The molecular formula is C22H23N5O2. The Morgan fingerprint density at radius 2 is 1.83 bits per heavy atom. The zero-order valence-electron chi connectivity index (χ0n) is 16.5. The van der Waals surface area contributed by atoms with Crippen molar-refractivity contribution < 1.29 is 4.79 Å². The number of benzene rings is 2. The van der Waals surface area contributed by atoms with E-state index in [0.717, 1.165) is 16.9 Å². The van der Waals surface area contributed by atoms with Gasteiger partial charge in [0.2, 0.25) is 5.91 Å². The number of amides is 1. The maximum Gasteiger partial charge on any atom is 0.258 e. The lowest BCUT2D eigenvalue weighted by Crippen LogP contribution is -2.28. The van der Waals surface area contributed by atoms with Gasteiger partial charge in [0.25, 0.3) is 5.56 Å². The largest absolute Gasteiger partial charge is 0.346 e. The van der Waals surface area contributed by atoms with Gasteiger partial charge in [0.05, 0.1) is 28.0 Å². The number of aromatic amines is 1. The molecule has 2 aromatic heterocycles. The number of imidazole rings is 1. The number of nitrogens with zero attached hydrogens (tertiary/aromatic N) is 3. The number of hydrogen-bond donors (Lipinski definition) is 2. The minimum absolute atomic E-state index is 0.0484. The third kappa shape index (κ3) is 3.89. The summed E-state index contributed by atoms with van der Waals surface area (Å²) in [7, 11) is 1.95. The van der Waals surface area contributed by atoms with Crippen LogP contribution in [0.2, 0.25) is 0 Å². The highest BCUT2D eigenvalue weighted by molar-refractivity contribution is 5.78. The molecule has 2 N–H and O–H groups in total. The van der Waals surface area contributed by atoms with Gasteiger partial charge in [0, 0.05) is 19.9 Å². The summed E-state index contributed by atoms with van der Waals surface area (Å²) in [6.07, 6.45) is 1.49. The van der Waals surface area contributed by atoms with Crippen LogP contribution in [0.5, 0.6) is 0 Å². The number of H-pyrrole nitrogens is 1. The zero-order valence-corrected chi connectivity index (χ0v) is 16.5. The van der Waals surface area contributed by atoms with Crippen LogP contribution in [-0.2, 0) is 18.3 Å². The molecule has 0 aliphatic rings. The van der Waals surface area contributed by atoms with Crippen molar-refractivity contribution in [3.05, 3.63) is 70.5 Å². The first-order valence-corrected chi connectivity index (χ1v) is 9.71. The first-order chi connectivity index (χ1) is 14.0. The molecule has 7 nitrogen and oxygen atoms in total. The highest BCUT2D eigenvalue weighted by atomic mass is 16.1. The van der Waals surface area contributed by atoms with Crippen molar-refractivity contribution in [2.45, 2.75) is 32.2 Å². The van der Waals surface area contributed by atoms with Crippen molar-refractivity contribution in [1.29, 1.82) is 0 Å². The summed E-state index contributed by atoms with van der Waals surface area (Å²) in [6.45, 7) is 1.93. The van der Waals surface area contributed by atoms with Crippen molar-refractivity contribution in [3.8, 4) is 0 Å². The zero-order chi connectivity index (χ0) is 20.4. The van der Waals surface area contributed by atoms with E-state index in [0.29, 0.717) is 36.0 Å². The number of nitrogens with one attached hydrogen (secondary N) is 2. The lowest BCUT2D eigenvalue weighted by molar-refractivity contribution is -0.121. The molecule has 4 rings (SSSR count). The molecule has 0 aliphatic heterocycles. The molecule has 7 heteroatoms. The third-order valence-corrected chi connectivity index (χ3v) is 5.07. The van der Waals surface area contributed by atoms with Crippen molar-refractivity contribution in [1.82, 2.24) is 24.8 Å². The predicted octanol–water partition coefficient (Wildman–Crippen LogP) is 3.01. The second kappa shape index (κ2) is 7.87. The van der Waals surface area contributed by atoms with Crippen LogP contribution in [-0.4, -0.2) is 25.4 Å². The highest BCUT2D eigenvalue weighted by Crippen LogP contribution is 2.19. The lowest BCUT2D eigenvalue weighted by Gasteiger charge is -2.14. The van der Waals surface area contributed by atoms with Crippen molar-refractivity contribution in [2.24, 2.45) is 7.05 Å². The summed E-state index contributed by atoms with van der Waals surface area (Å²) in [5.41, 5.74) is 2.48. The molecule has 2 aromatic carbocycles. The summed E-state index contributed by atoms with van der Waals surface area (Å²) < 4.78 is 2.00. The molecule has 148 valence electrons. The van der Waals surface area contributed by atoms with Crippen LogP contribution >= 0.6 is 0 Å². The van der Waals surface area contributed by atoms with E-state index in [1.165, 1.54) is 0 Å². The van der Waals surface area contributed by atoms with Crippen LogP contribution in [0.4, 0.5) is 0 Å². The monoisotopic (exact) mass is 389 g/mol. The van der Waals surface area contributed by atoms with Crippen molar-refractivity contribution >= 4 is 27.8 Å². The van der Waals surface area contributed by atoms with E-state index in [-0.39, 0.29) is 17.5 Å². The minimum Gasteiger partial charge on any atom is -0.346 e. The lowest BCUT2D eigenvalue weighted by atomic mass is 10.2. The molecular weight excluding hydrogens is 366 g/mol. The number of fused-ring (bicyclic) bond motifs is 2. The minimum atomic E-state index is -0.196. The van der Waals surface area contributed by atoms with Crippen LogP contribution in [0.3, 0.4) is 0 Å². The van der Waals surface area contributed by atoms with Gasteiger partial charge in [-0.05, 0) is 37.6 Å². The van der Waals surface area contributed by atoms with Gasteiger partial charge in [-0.3, -0.25) is 9.59 Å². The van der Waals surface area contributed by atoms with E-state index in [1.807, 2.05) is 61.0 Å². The SMILES string of the molecule is C[C@@H](NC(=O)CCCc1nc2ccccc2c(=O)[nH]1)c1nc2ccccc2n1C. The molecule has 29 heavy (non-hydrogen) atoms. The predicted molar refractivity (Wildman–Crippen MR) is 113 cm³/mol. The van der Waals surface area contributed by atoms with Gasteiger partial charge in [-0.1, -0.05) is 24.3 Å². The molecule has 0 unspecified atom stereocenters. The number of para-hydroxylation sites is 3. The van der Waals surface area contributed by atoms with Gasteiger partial charge < -0.3 is 14.9 Å². The van der Waals surface area contributed by atoms with Crippen molar-refractivity contribution in [3.63, 3.8) is 0 Å². The number of carbonyl (C=O) groups is 1. The third-order valence-electron chi connectivity index (χ3n) is 5.07. The average Bonchev–Trinajstić information content (AvgIpc) is 3.05. The number of aromatic nitrogens is 4. The van der Waals surface area contributed by atoms with Gasteiger partial charge in [-0.2, -0.15) is 0 Å². The standard InChI is InChI=1S/C22H23N5O2/c1-14(21-25-17-10-5-6-11-18(17)27(21)2)23-20(28)13-7-12-19-24-16-9-4-3-8-15(16)22(29)26-19/h3-6,8-11,14H,7,12-13H2,1-2H3,(H,23,28)(H,24,26,29)/t14-/m1/s1. The second-order valence-corrected chi connectivity index (χ2v) is 7.19. The molecule has 0 radical (unpaired) electrons. The maximum atomic E-state index is 12.4. The summed E-state index contributed by atoms with van der Waals surface area (Å²) >= 11 is 0. The van der Waals surface area contributed by atoms with E-state index in [9.17, 15) is 9.59 Å². The van der Waals surface area contributed by atoms with Gasteiger partial charge in [-0.15, -0.1) is 0 Å². The van der Waals surface area contributed by atoms with Crippen LogP contribution in [0.15, 0.2) is 53.3 Å². The molecule has 0 saturated heterocycles. The maximum absolute atomic E-state index is 12.4. The van der Waals surface area contributed by atoms with E-state index >= 15 is 0 Å². The highest BCUT2D eigenvalue weighted by Gasteiger charge is 2.16. The Morgan fingerprint density at radius 3 is 2.62 bits per heavy atom. The summed E-state index contributed by atoms with van der Waals surface area (Å²) in [5.74, 6) is 1.37. The van der Waals surface area contributed by atoms with E-state index in [1.54, 1.807) is 6.07 Å². The van der Waals surface area contributed by atoms with Gasteiger partial charge in [-0.25, -0.2) is 9.97 Å². The molecule has 1 atom stereocenters. The number of aryl methyl sites for hydroxylation is 2. The fourth-order valence-electron chi connectivity index (χ4n) is 3.60. The first-order valence-electron chi connectivity index (χ1n) is 9.71. The smallest absolute Gasteiger partial charge is 0.258 e. The normalized spacial score (nSPS) is 12.3. The van der Waals surface area contributed by atoms with Crippen LogP contribution < -0.4 is 10.9 Å². The molecule has 0 saturated carbocycles. The Hall–Kier alpha value is -3.48. The molecule has 0 spiro atoms. The fraction of sp³-hybridized carbons (Fsp3) is 0.273. The quantitative estimate of drug-likeness (QED) is 0.530.